The Bertz CT molecular complexity index is 343. The second kappa shape index (κ2) is 14.3. The molecule has 1 aliphatic heterocycles. The van der Waals surface area contributed by atoms with Gasteiger partial charge in [0, 0.05) is 58.5 Å². The van der Waals surface area contributed by atoms with E-state index in [1.807, 2.05) is 0 Å². The fraction of sp³-hybridized carbons (Fsp3) is 0.947. The van der Waals surface area contributed by atoms with Crippen LogP contribution in [0.4, 0.5) is 0 Å². The summed E-state index contributed by atoms with van der Waals surface area (Å²) in [6.45, 7) is 19.0. The van der Waals surface area contributed by atoms with Gasteiger partial charge in [0.2, 0.25) is 0 Å². The quantitative estimate of drug-likeness (QED) is 0.317. The molecule has 0 spiro atoms. The van der Waals surface area contributed by atoms with E-state index >= 15 is 0 Å². The molecule has 25 heavy (non-hydrogen) atoms. The number of likely N-dealkylation sites (N-methyl/N-ethyl adjacent to an activating group) is 1. The van der Waals surface area contributed by atoms with Crippen molar-refractivity contribution >= 4 is 5.96 Å². The van der Waals surface area contributed by atoms with E-state index in [-0.39, 0.29) is 0 Å². The van der Waals surface area contributed by atoms with Crippen LogP contribution >= 0.6 is 0 Å². The molecule has 0 aromatic rings. The molecule has 6 heteroatoms. The lowest BCUT2D eigenvalue weighted by Crippen LogP contribution is -2.50. The zero-order valence-corrected chi connectivity index (χ0v) is 17.0. The summed E-state index contributed by atoms with van der Waals surface area (Å²) >= 11 is 0. The van der Waals surface area contributed by atoms with Crippen LogP contribution in [0, 0.1) is 0 Å². The van der Waals surface area contributed by atoms with Gasteiger partial charge in [-0.1, -0.05) is 20.3 Å². The van der Waals surface area contributed by atoms with Gasteiger partial charge in [-0.15, -0.1) is 0 Å². The smallest absolute Gasteiger partial charge is 0.191 e. The lowest BCUT2D eigenvalue weighted by molar-refractivity contribution is 0.109. The molecule has 1 fully saturated rings. The molecular formula is C19H41N5O. The molecule has 1 rings (SSSR count). The second-order valence-electron chi connectivity index (χ2n) is 6.79. The van der Waals surface area contributed by atoms with E-state index in [1.54, 1.807) is 0 Å². The summed E-state index contributed by atoms with van der Waals surface area (Å²) in [4.78, 5) is 9.84. The molecule has 1 saturated heterocycles. The first-order valence-electron chi connectivity index (χ1n) is 10.3. The van der Waals surface area contributed by atoms with Crippen LogP contribution in [-0.2, 0) is 4.74 Å². The molecule has 0 amide bonds. The highest BCUT2D eigenvalue weighted by Crippen LogP contribution is 2.06. The first-order chi connectivity index (χ1) is 12.2. The third kappa shape index (κ3) is 10.0. The molecule has 0 bridgehead atoms. The first kappa shape index (κ1) is 22.2. The predicted molar refractivity (Wildman–Crippen MR) is 107 cm³/mol. The standard InChI is InChI=1S/C19H41N5O/c1-5-8-15-25-16-9-10-21-19(20-6-2)22-17-18(4)24-13-11-23(7-3)12-14-24/h18H,5-17H2,1-4H3,(H2,20,21,22). The maximum absolute atomic E-state index is 5.60. The van der Waals surface area contributed by atoms with Crippen LogP contribution in [0.3, 0.4) is 0 Å². The van der Waals surface area contributed by atoms with Crippen molar-refractivity contribution < 1.29 is 4.74 Å². The fourth-order valence-corrected chi connectivity index (χ4v) is 2.93. The predicted octanol–water partition coefficient (Wildman–Crippen LogP) is 1.77. The number of piperazine rings is 1. The van der Waals surface area contributed by atoms with Gasteiger partial charge in [0.1, 0.15) is 0 Å². The van der Waals surface area contributed by atoms with Gasteiger partial charge in [-0.2, -0.15) is 0 Å². The van der Waals surface area contributed by atoms with Crippen LogP contribution in [0.5, 0.6) is 0 Å². The average molecular weight is 356 g/mol. The third-order valence-electron chi connectivity index (χ3n) is 4.74. The van der Waals surface area contributed by atoms with Gasteiger partial charge in [0.05, 0.1) is 6.54 Å². The summed E-state index contributed by atoms with van der Waals surface area (Å²) < 4.78 is 5.60. The number of nitrogens with one attached hydrogen (secondary N) is 2. The summed E-state index contributed by atoms with van der Waals surface area (Å²) in [7, 11) is 0. The zero-order chi connectivity index (χ0) is 18.3. The Kier molecular flexibility index (Phi) is 12.7. The molecule has 2 N–H and O–H groups in total. The molecule has 0 aliphatic carbocycles. The van der Waals surface area contributed by atoms with Crippen molar-refractivity contribution in [2.75, 3.05) is 65.6 Å². The molecular weight excluding hydrogens is 314 g/mol. The lowest BCUT2D eigenvalue weighted by Gasteiger charge is -2.37. The second-order valence-corrected chi connectivity index (χ2v) is 6.79. The van der Waals surface area contributed by atoms with E-state index in [1.165, 1.54) is 19.5 Å². The highest BCUT2D eigenvalue weighted by Gasteiger charge is 2.19. The van der Waals surface area contributed by atoms with E-state index in [4.69, 9.17) is 9.73 Å². The summed E-state index contributed by atoms with van der Waals surface area (Å²) in [6.07, 6.45) is 3.37. The van der Waals surface area contributed by atoms with E-state index in [0.717, 1.165) is 71.3 Å². The number of hydrogen-bond donors (Lipinski definition) is 2. The third-order valence-corrected chi connectivity index (χ3v) is 4.74. The monoisotopic (exact) mass is 355 g/mol. The Labute approximate surface area is 155 Å². The maximum Gasteiger partial charge on any atom is 0.191 e. The highest BCUT2D eigenvalue weighted by molar-refractivity contribution is 5.79. The largest absolute Gasteiger partial charge is 0.381 e. The number of hydrogen-bond acceptors (Lipinski definition) is 4. The van der Waals surface area contributed by atoms with Crippen LogP contribution in [0.15, 0.2) is 4.99 Å². The number of guanidine groups is 1. The number of aliphatic imine (C=N–C) groups is 1. The van der Waals surface area contributed by atoms with E-state index in [2.05, 4.69) is 48.1 Å². The summed E-state index contributed by atoms with van der Waals surface area (Å²) in [5.74, 6) is 0.926. The number of ether oxygens (including phenoxy) is 1. The number of unbranched alkanes of at least 4 members (excludes halogenated alkanes) is 1. The van der Waals surface area contributed by atoms with Crippen molar-refractivity contribution in [2.24, 2.45) is 4.99 Å². The van der Waals surface area contributed by atoms with E-state index in [9.17, 15) is 0 Å². The van der Waals surface area contributed by atoms with Gasteiger partial charge in [-0.25, -0.2) is 0 Å². The lowest BCUT2D eigenvalue weighted by atomic mass is 10.2. The van der Waals surface area contributed by atoms with Crippen molar-refractivity contribution in [3.8, 4) is 0 Å². The van der Waals surface area contributed by atoms with Gasteiger partial charge >= 0.3 is 0 Å². The van der Waals surface area contributed by atoms with Gasteiger partial charge < -0.3 is 20.3 Å². The van der Waals surface area contributed by atoms with Crippen LogP contribution in [0.1, 0.15) is 47.0 Å². The Morgan fingerprint density at radius 2 is 1.76 bits per heavy atom. The van der Waals surface area contributed by atoms with Crippen LogP contribution in [0.2, 0.25) is 0 Å². The number of rotatable bonds is 12. The molecule has 1 atom stereocenters. The van der Waals surface area contributed by atoms with Crippen LogP contribution in [-0.4, -0.2) is 87.4 Å². The molecule has 6 nitrogen and oxygen atoms in total. The molecule has 0 aromatic heterocycles. The maximum atomic E-state index is 5.60. The van der Waals surface area contributed by atoms with E-state index in [0.29, 0.717) is 6.04 Å². The topological polar surface area (TPSA) is 52.1 Å². The Morgan fingerprint density at radius 1 is 1.04 bits per heavy atom. The van der Waals surface area contributed by atoms with Crippen molar-refractivity contribution in [2.45, 2.75) is 53.0 Å². The highest BCUT2D eigenvalue weighted by atomic mass is 16.5. The van der Waals surface area contributed by atoms with Crippen LogP contribution < -0.4 is 10.6 Å². The summed E-state index contributed by atoms with van der Waals surface area (Å²) in [5.41, 5.74) is 0. The summed E-state index contributed by atoms with van der Waals surface area (Å²) in [6, 6.07) is 0.492. The molecule has 0 aromatic carbocycles. The van der Waals surface area contributed by atoms with Crippen LogP contribution in [0.25, 0.3) is 0 Å². The molecule has 0 radical (unpaired) electrons. The Balaban J connectivity index is 2.24. The molecule has 1 aliphatic rings. The zero-order valence-electron chi connectivity index (χ0n) is 17.0. The Morgan fingerprint density at radius 3 is 2.40 bits per heavy atom. The first-order valence-corrected chi connectivity index (χ1v) is 10.3. The van der Waals surface area contributed by atoms with Gasteiger partial charge in [-0.05, 0) is 33.2 Å². The van der Waals surface area contributed by atoms with Crippen molar-refractivity contribution in [3.63, 3.8) is 0 Å². The molecule has 148 valence electrons. The van der Waals surface area contributed by atoms with Gasteiger partial charge in [0.25, 0.3) is 0 Å². The normalized spacial score (nSPS) is 18.3. The Hall–Kier alpha value is -0.850. The van der Waals surface area contributed by atoms with Crippen molar-refractivity contribution in [1.29, 1.82) is 0 Å². The molecule has 1 heterocycles. The summed E-state index contributed by atoms with van der Waals surface area (Å²) in [5, 5.41) is 6.76. The average Bonchev–Trinajstić information content (AvgIpc) is 2.65. The van der Waals surface area contributed by atoms with Gasteiger partial charge in [-0.3, -0.25) is 9.89 Å². The molecule has 0 saturated carbocycles. The minimum absolute atomic E-state index is 0.492. The fourth-order valence-electron chi connectivity index (χ4n) is 2.93. The SMILES string of the molecule is CCCCOCCCNC(=NCC(C)N1CCN(CC)CC1)NCC. The number of nitrogens with zero attached hydrogens (tertiary/aromatic N) is 3. The van der Waals surface area contributed by atoms with Crippen molar-refractivity contribution in [1.82, 2.24) is 20.4 Å². The molecule has 1 unspecified atom stereocenters. The van der Waals surface area contributed by atoms with Crippen molar-refractivity contribution in [3.05, 3.63) is 0 Å². The van der Waals surface area contributed by atoms with Gasteiger partial charge in [0.15, 0.2) is 5.96 Å². The van der Waals surface area contributed by atoms with E-state index < -0.39 is 0 Å². The minimum Gasteiger partial charge on any atom is -0.381 e. The minimum atomic E-state index is 0.492.